The van der Waals surface area contributed by atoms with Gasteiger partial charge in [-0.15, -0.1) is 0 Å². The van der Waals surface area contributed by atoms with Gasteiger partial charge in [-0.2, -0.15) is 13.2 Å². The quantitative estimate of drug-likeness (QED) is 0.856. The van der Waals surface area contributed by atoms with Gasteiger partial charge in [0.25, 0.3) is 0 Å². The van der Waals surface area contributed by atoms with Crippen LogP contribution in [0.2, 0.25) is 0 Å². The number of ether oxygens (including phenoxy) is 1. The average molecular weight is 303 g/mol. The van der Waals surface area contributed by atoms with Gasteiger partial charge in [0.05, 0.1) is 6.10 Å². The summed E-state index contributed by atoms with van der Waals surface area (Å²) < 4.78 is 43.8. The van der Waals surface area contributed by atoms with E-state index in [1.54, 1.807) is 11.9 Å². The molecule has 1 fully saturated rings. The van der Waals surface area contributed by atoms with Crippen molar-refractivity contribution < 1.29 is 17.9 Å². The van der Waals surface area contributed by atoms with E-state index in [-0.39, 0.29) is 23.5 Å². The van der Waals surface area contributed by atoms with Gasteiger partial charge in [-0.25, -0.2) is 9.97 Å². The number of nitrogens with zero attached hydrogens (tertiary/aromatic N) is 3. The molecule has 0 aliphatic heterocycles. The van der Waals surface area contributed by atoms with Crippen LogP contribution in [0.5, 0.6) is 0 Å². The molecule has 7 heteroatoms. The topological polar surface area (TPSA) is 38.2 Å². The van der Waals surface area contributed by atoms with Gasteiger partial charge in [0.2, 0.25) is 5.95 Å². The van der Waals surface area contributed by atoms with Crippen LogP contribution in [0.15, 0.2) is 12.3 Å². The third-order valence-corrected chi connectivity index (χ3v) is 4.21. The van der Waals surface area contributed by atoms with Crippen molar-refractivity contribution in [3.63, 3.8) is 0 Å². The molecule has 2 unspecified atom stereocenters. The summed E-state index contributed by atoms with van der Waals surface area (Å²) in [6.45, 7) is 6.66. The number of hydrogen-bond acceptors (Lipinski definition) is 4. The monoisotopic (exact) mass is 303 g/mol. The molecular weight excluding hydrogens is 283 g/mol. The van der Waals surface area contributed by atoms with E-state index in [0.717, 1.165) is 18.7 Å². The van der Waals surface area contributed by atoms with Gasteiger partial charge >= 0.3 is 6.18 Å². The first-order valence-corrected chi connectivity index (χ1v) is 6.92. The number of rotatable bonds is 4. The standard InChI is InChI=1S/C14H20F3N3O/c1-5-21-11-8-10(13(11,2)3)20(4)12-18-7-6-9(19-12)14(15,16)17/h6-7,10-11H,5,8H2,1-4H3. The fourth-order valence-electron chi connectivity index (χ4n) is 2.82. The Hall–Kier alpha value is -1.37. The van der Waals surface area contributed by atoms with Crippen LogP contribution in [-0.2, 0) is 10.9 Å². The van der Waals surface area contributed by atoms with Crippen molar-refractivity contribution in [2.24, 2.45) is 5.41 Å². The Morgan fingerprint density at radius 1 is 1.43 bits per heavy atom. The number of anilines is 1. The van der Waals surface area contributed by atoms with Gasteiger partial charge in [-0.1, -0.05) is 13.8 Å². The smallest absolute Gasteiger partial charge is 0.378 e. The molecule has 0 radical (unpaired) electrons. The van der Waals surface area contributed by atoms with Crippen LogP contribution < -0.4 is 4.90 Å². The summed E-state index contributed by atoms with van der Waals surface area (Å²) in [6, 6.07) is 0.934. The summed E-state index contributed by atoms with van der Waals surface area (Å²) in [5.41, 5.74) is -1.07. The highest BCUT2D eigenvalue weighted by atomic mass is 19.4. The van der Waals surface area contributed by atoms with Crippen LogP contribution in [0.1, 0.15) is 32.9 Å². The minimum atomic E-state index is -4.46. The van der Waals surface area contributed by atoms with Crippen LogP contribution >= 0.6 is 0 Å². The fourth-order valence-corrected chi connectivity index (χ4v) is 2.82. The molecule has 2 rings (SSSR count). The maximum absolute atomic E-state index is 12.7. The van der Waals surface area contributed by atoms with Crippen molar-refractivity contribution in [2.45, 2.75) is 45.5 Å². The van der Waals surface area contributed by atoms with E-state index >= 15 is 0 Å². The molecule has 0 saturated heterocycles. The zero-order valence-corrected chi connectivity index (χ0v) is 12.6. The molecule has 1 aromatic rings. The lowest BCUT2D eigenvalue weighted by Gasteiger charge is -2.54. The summed E-state index contributed by atoms with van der Waals surface area (Å²) in [5.74, 6) is 0.0952. The molecule has 1 aromatic heterocycles. The second-order valence-corrected chi connectivity index (χ2v) is 5.87. The second kappa shape index (κ2) is 5.44. The van der Waals surface area contributed by atoms with Gasteiger partial charge in [-0.3, -0.25) is 0 Å². The molecule has 1 heterocycles. The number of halogens is 3. The number of alkyl halides is 3. The Kier molecular flexibility index (Phi) is 4.15. The van der Waals surface area contributed by atoms with E-state index in [1.807, 2.05) is 20.8 Å². The fraction of sp³-hybridized carbons (Fsp3) is 0.714. The van der Waals surface area contributed by atoms with Crippen LogP contribution in [-0.4, -0.2) is 35.8 Å². The molecule has 118 valence electrons. The van der Waals surface area contributed by atoms with E-state index < -0.39 is 11.9 Å². The molecule has 1 saturated carbocycles. The predicted molar refractivity (Wildman–Crippen MR) is 73.0 cm³/mol. The molecule has 0 N–H and O–H groups in total. The zero-order valence-electron chi connectivity index (χ0n) is 12.6. The molecule has 1 aliphatic rings. The average Bonchev–Trinajstić information content (AvgIpc) is 2.41. The molecule has 21 heavy (non-hydrogen) atoms. The zero-order chi connectivity index (χ0) is 15.8. The van der Waals surface area contributed by atoms with E-state index in [9.17, 15) is 13.2 Å². The van der Waals surface area contributed by atoms with Crippen LogP contribution in [0, 0.1) is 5.41 Å². The normalized spacial score (nSPS) is 24.5. The third kappa shape index (κ3) is 2.97. The highest BCUT2D eigenvalue weighted by molar-refractivity contribution is 5.34. The lowest BCUT2D eigenvalue weighted by atomic mass is 9.64. The Morgan fingerprint density at radius 2 is 2.10 bits per heavy atom. The number of hydrogen-bond donors (Lipinski definition) is 0. The van der Waals surface area contributed by atoms with Crippen LogP contribution in [0.25, 0.3) is 0 Å². The van der Waals surface area contributed by atoms with Crippen LogP contribution in [0.3, 0.4) is 0 Å². The third-order valence-electron chi connectivity index (χ3n) is 4.21. The van der Waals surface area contributed by atoms with Gasteiger partial charge in [0, 0.05) is 31.3 Å². The molecule has 2 atom stereocenters. The van der Waals surface area contributed by atoms with Crippen LogP contribution in [0.4, 0.5) is 19.1 Å². The molecule has 0 spiro atoms. The van der Waals surface area contributed by atoms with Crippen molar-refractivity contribution in [1.82, 2.24) is 9.97 Å². The Morgan fingerprint density at radius 3 is 2.62 bits per heavy atom. The first-order valence-electron chi connectivity index (χ1n) is 6.92. The van der Waals surface area contributed by atoms with Crippen molar-refractivity contribution in [3.05, 3.63) is 18.0 Å². The molecule has 1 aliphatic carbocycles. The first kappa shape index (κ1) is 16.0. The highest BCUT2D eigenvalue weighted by Crippen LogP contribution is 2.46. The summed E-state index contributed by atoms with van der Waals surface area (Å²) in [6.07, 6.45) is -2.44. The Labute approximate surface area is 122 Å². The summed E-state index contributed by atoms with van der Waals surface area (Å²) in [7, 11) is 1.73. The number of aromatic nitrogens is 2. The van der Waals surface area contributed by atoms with Gasteiger partial charge in [0.15, 0.2) is 0 Å². The predicted octanol–water partition coefficient (Wildman–Crippen LogP) is 3.14. The minimum Gasteiger partial charge on any atom is -0.378 e. The van der Waals surface area contributed by atoms with E-state index in [2.05, 4.69) is 9.97 Å². The van der Waals surface area contributed by atoms with Crippen molar-refractivity contribution >= 4 is 5.95 Å². The maximum atomic E-state index is 12.7. The van der Waals surface area contributed by atoms with Gasteiger partial charge in [-0.05, 0) is 19.4 Å². The largest absolute Gasteiger partial charge is 0.433 e. The molecule has 0 aromatic carbocycles. The van der Waals surface area contributed by atoms with Gasteiger partial charge in [0.1, 0.15) is 5.69 Å². The molecule has 4 nitrogen and oxygen atoms in total. The highest BCUT2D eigenvalue weighted by Gasteiger charge is 2.51. The van der Waals surface area contributed by atoms with Crippen molar-refractivity contribution in [1.29, 1.82) is 0 Å². The summed E-state index contributed by atoms with van der Waals surface area (Å²) in [4.78, 5) is 9.31. The van der Waals surface area contributed by atoms with Crippen molar-refractivity contribution in [2.75, 3.05) is 18.6 Å². The summed E-state index contributed by atoms with van der Waals surface area (Å²) >= 11 is 0. The van der Waals surface area contributed by atoms with E-state index in [1.165, 1.54) is 0 Å². The van der Waals surface area contributed by atoms with Crippen molar-refractivity contribution in [3.8, 4) is 0 Å². The minimum absolute atomic E-state index is 0.0533. The summed E-state index contributed by atoms with van der Waals surface area (Å²) in [5, 5.41) is 0. The molecular formula is C14H20F3N3O. The molecule has 0 amide bonds. The molecule has 0 bridgehead atoms. The SMILES string of the molecule is CCOC1CC(N(C)c2nccc(C(F)(F)F)n2)C1(C)C. The van der Waals surface area contributed by atoms with Gasteiger partial charge < -0.3 is 9.64 Å². The second-order valence-electron chi connectivity index (χ2n) is 5.87. The lowest BCUT2D eigenvalue weighted by molar-refractivity contribution is -0.141. The maximum Gasteiger partial charge on any atom is 0.433 e. The Balaban J connectivity index is 2.17. The lowest BCUT2D eigenvalue weighted by Crippen LogP contribution is -2.61. The van der Waals surface area contributed by atoms with E-state index in [4.69, 9.17) is 4.74 Å². The Bertz CT molecular complexity index is 504. The first-order chi connectivity index (χ1) is 9.67. The van der Waals surface area contributed by atoms with E-state index in [0.29, 0.717) is 6.61 Å².